The second-order valence-corrected chi connectivity index (χ2v) is 4.48. The second-order valence-electron chi connectivity index (χ2n) is 4.48. The van der Waals surface area contributed by atoms with Crippen LogP contribution in [0, 0.1) is 13.8 Å². The molecule has 2 heterocycles. The maximum atomic E-state index is 4.39. The van der Waals surface area contributed by atoms with Crippen LogP contribution in [0.1, 0.15) is 37.0 Å². The first-order valence-electron chi connectivity index (χ1n) is 5.98. The molecule has 0 aliphatic rings. The Hall–Kier alpha value is -1.98. The molecule has 0 aliphatic heterocycles. The highest BCUT2D eigenvalue weighted by Crippen LogP contribution is 2.27. The van der Waals surface area contributed by atoms with Gasteiger partial charge in [0, 0.05) is 12.6 Å². The van der Waals surface area contributed by atoms with E-state index in [2.05, 4.69) is 39.2 Å². The summed E-state index contributed by atoms with van der Waals surface area (Å²) in [5.74, 6) is 3.50. The van der Waals surface area contributed by atoms with E-state index in [4.69, 9.17) is 0 Å². The van der Waals surface area contributed by atoms with Gasteiger partial charge in [-0.1, -0.05) is 13.8 Å². The summed E-state index contributed by atoms with van der Waals surface area (Å²) in [6.07, 6.45) is 1.55. The number of hydrogen-bond donors (Lipinski definition) is 1. The third-order valence-electron chi connectivity index (χ3n) is 2.75. The largest absolute Gasteiger partial charge is 0.373 e. The number of nitrogens with zero attached hydrogens (tertiary/aromatic N) is 5. The van der Waals surface area contributed by atoms with Crippen LogP contribution >= 0.6 is 0 Å². The Morgan fingerprint density at radius 1 is 1.22 bits per heavy atom. The Bertz CT molecular complexity index is 558. The highest BCUT2D eigenvalue weighted by Gasteiger charge is 2.18. The van der Waals surface area contributed by atoms with Crippen molar-refractivity contribution in [3.05, 3.63) is 23.5 Å². The molecular weight excluding hydrogens is 228 g/mol. The van der Waals surface area contributed by atoms with E-state index in [1.165, 1.54) is 0 Å². The zero-order chi connectivity index (χ0) is 13.3. The van der Waals surface area contributed by atoms with Gasteiger partial charge in [0.2, 0.25) is 0 Å². The average Bonchev–Trinajstić information content (AvgIpc) is 2.67. The monoisotopic (exact) mass is 246 g/mol. The lowest BCUT2D eigenvalue weighted by Gasteiger charge is -2.15. The minimum atomic E-state index is 0.299. The molecule has 0 radical (unpaired) electrons. The van der Waals surface area contributed by atoms with Gasteiger partial charge in [-0.2, -0.15) is 4.68 Å². The molecule has 6 nitrogen and oxygen atoms in total. The fourth-order valence-corrected chi connectivity index (χ4v) is 2.01. The van der Waals surface area contributed by atoms with Crippen LogP contribution in [0.15, 0.2) is 6.33 Å². The van der Waals surface area contributed by atoms with Gasteiger partial charge in [-0.3, -0.25) is 0 Å². The minimum absolute atomic E-state index is 0.299. The zero-order valence-corrected chi connectivity index (χ0v) is 11.4. The lowest BCUT2D eigenvalue weighted by Crippen LogP contribution is -2.11. The van der Waals surface area contributed by atoms with Crippen molar-refractivity contribution < 1.29 is 0 Å². The molecule has 18 heavy (non-hydrogen) atoms. The summed E-state index contributed by atoms with van der Waals surface area (Å²) in [6.45, 7) is 8.02. The Balaban J connectivity index is 2.67. The van der Waals surface area contributed by atoms with Crippen LogP contribution in [-0.4, -0.2) is 31.8 Å². The molecule has 0 aromatic carbocycles. The molecule has 2 aromatic rings. The van der Waals surface area contributed by atoms with Crippen molar-refractivity contribution in [2.45, 2.75) is 33.6 Å². The maximum Gasteiger partial charge on any atom is 0.164 e. The van der Waals surface area contributed by atoms with Crippen LogP contribution < -0.4 is 5.32 Å². The SMILES string of the molecule is CNc1ncnc(-n2nc(C)nc2C)c1C(C)C. The quantitative estimate of drug-likeness (QED) is 0.895. The van der Waals surface area contributed by atoms with Crippen molar-refractivity contribution in [3.63, 3.8) is 0 Å². The van der Waals surface area contributed by atoms with E-state index in [-0.39, 0.29) is 0 Å². The van der Waals surface area contributed by atoms with Crippen molar-refractivity contribution >= 4 is 5.82 Å². The predicted octanol–water partition coefficient (Wildman–Crippen LogP) is 1.84. The van der Waals surface area contributed by atoms with E-state index >= 15 is 0 Å². The summed E-state index contributed by atoms with van der Waals surface area (Å²) < 4.78 is 1.77. The van der Waals surface area contributed by atoms with Crippen LogP contribution in [0.5, 0.6) is 0 Å². The van der Waals surface area contributed by atoms with Gasteiger partial charge in [-0.15, -0.1) is 5.10 Å². The molecule has 2 aromatic heterocycles. The third kappa shape index (κ3) is 2.05. The minimum Gasteiger partial charge on any atom is -0.373 e. The summed E-state index contributed by atoms with van der Waals surface area (Å²) in [5, 5.41) is 7.49. The van der Waals surface area contributed by atoms with Gasteiger partial charge in [-0.05, 0) is 19.8 Å². The molecule has 0 saturated heterocycles. The summed E-state index contributed by atoms with van der Waals surface area (Å²) in [7, 11) is 1.86. The lowest BCUT2D eigenvalue weighted by atomic mass is 10.0. The first kappa shape index (κ1) is 12.5. The van der Waals surface area contributed by atoms with Gasteiger partial charge >= 0.3 is 0 Å². The molecule has 96 valence electrons. The molecule has 0 bridgehead atoms. The van der Waals surface area contributed by atoms with Crippen molar-refractivity contribution in [1.82, 2.24) is 24.7 Å². The highest BCUT2D eigenvalue weighted by molar-refractivity contribution is 5.53. The van der Waals surface area contributed by atoms with Crippen molar-refractivity contribution in [2.24, 2.45) is 0 Å². The molecule has 0 aliphatic carbocycles. The Morgan fingerprint density at radius 3 is 2.44 bits per heavy atom. The van der Waals surface area contributed by atoms with E-state index < -0.39 is 0 Å². The van der Waals surface area contributed by atoms with Gasteiger partial charge in [0.25, 0.3) is 0 Å². The molecule has 1 N–H and O–H groups in total. The Labute approximate surface area is 106 Å². The zero-order valence-electron chi connectivity index (χ0n) is 11.4. The number of aryl methyl sites for hydroxylation is 2. The van der Waals surface area contributed by atoms with Gasteiger partial charge in [0.1, 0.15) is 23.8 Å². The normalized spacial score (nSPS) is 11.0. The molecule has 0 fully saturated rings. The number of aromatic nitrogens is 5. The molecule has 0 saturated carbocycles. The molecule has 2 rings (SSSR count). The van der Waals surface area contributed by atoms with Crippen LogP contribution in [-0.2, 0) is 0 Å². The van der Waals surface area contributed by atoms with Crippen LogP contribution in [0.3, 0.4) is 0 Å². The number of nitrogens with one attached hydrogen (secondary N) is 1. The fraction of sp³-hybridized carbons (Fsp3) is 0.500. The smallest absolute Gasteiger partial charge is 0.164 e. The van der Waals surface area contributed by atoms with Crippen LogP contribution in [0.4, 0.5) is 5.82 Å². The van der Waals surface area contributed by atoms with Crippen molar-refractivity contribution in [3.8, 4) is 5.82 Å². The van der Waals surface area contributed by atoms with Gasteiger partial charge in [0.15, 0.2) is 5.82 Å². The van der Waals surface area contributed by atoms with Crippen molar-refractivity contribution in [1.29, 1.82) is 0 Å². The highest BCUT2D eigenvalue weighted by atomic mass is 15.4. The summed E-state index contributed by atoms with van der Waals surface area (Å²) in [4.78, 5) is 12.9. The van der Waals surface area contributed by atoms with Crippen LogP contribution in [0.2, 0.25) is 0 Å². The van der Waals surface area contributed by atoms with E-state index in [9.17, 15) is 0 Å². The van der Waals surface area contributed by atoms with Crippen LogP contribution in [0.25, 0.3) is 5.82 Å². The first-order valence-corrected chi connectivity index (χ1v) is 5.98. The summed E-state index contributed by atoms with van der Waals surface area (Å²) in [5.41, 5.74) is 1.05. The number of anilines is 1. The second kappa shape index (κ2) is 4.72. The standard InChI is InChI=1S/C12H18N6/c1-7(2)10-11(13-5)14-6-15-12(10)18-9(4)16-8(3)17-18/h6-7H,1-5H3,(H,13,14,15). The van der Waals surface area contributed by atoms with E-state index in [1.54, 1.807) is 11.0 Å². The molecule has 0 atom stereocenters. The lowest BCUT2D eigenvalue weighted by molar-refractivity contribution is 0.752. The molecule has 0 amide bonds. The summed E-state index contributed by atoms with van der Waals surface area (Å²) in [6, 6.07) is 0. The Morgan fingerprint density at radius 2 is 1.94 bits per heavy atom. The molecular formula is C12H18N6. The maximum absolute atomic E-state index is 4.39. The predicted molar refractivity (Wildman–Crippen MR) is 70.1 cm³/mol. The first-order chi connectivity index (χ1) is 8.54. The summed E-state index contributed by atoms with van der Waals surface area (Å²) >= 11 is 0. The third-order valence-corrected chi connectivity index (χ3v) is 2.75. The average molecular weight is 246 g/mol. The van der Waals surface area contributed by atoms with E-state index in [1.807, 2.05) is 20.9 Å². The fourth-order valence-electron chi connectivity index (χ4n) is 2.01. The number of hydrogen-bond acceptors (Lipinski definition) is 5. The molecule has 0 spiro atoms. The van der Waals surface area contributed by atoms with E-state index in [0.29, 0.717) is 5.92 Å². The van der Waals surface area contributed by atoms with Gasteiger partial charge < -0.3 is 5.32 Å². The topological polar surface area (TPSA) is 68.5 Å². The van der Waals surface area contributed by atoms with Gasteiger partial charge in [-0.25, -0.2) is 15.0 Å². The Kier molecular flexibility index (Phi) is 3.27. The van der Waals surface area contributed by atoms with E-state index in [0.717, 1.165) is 28.8 Å². The number of rotatable bonds is 3. The molecule has 0 unspecified atom stereocenters. The van der Waals surface area contributed by atoms with Crippen molar-refractivity contribution in [2.75, 3.05) is 12.4 Å². The van der Waals surface area contributed by atoms with Gasteiger partial charge in [0.05, 0.1) is 0 Å². The molecule has 6 heteroatoms.